The van der Waals surface area contributed by atoms with Crippen LogP contribution < -0.4 is 5.43 Å². The summed E-state index contributed by atoms with van der Waals surface area (Å²) in [5, 5.41) is 18.2. The first-order valence-electron chi connectivity index (χ1n) is 12.5. The Kier molecular flexibility index (Phi) is 6.84. The first kappa shape index (κ1) is 24.5. The monoisotopic (exact) mass is 528 g/mol. The van der Waals surface area contributed by atoms with Crippen molar-refractivity contribution >= 4 is 45.4 Å². The minimum atomic E-state index is -0.232. The molecule has 2 heterocycles. The van der Waals surface area contributed by atoms with Crippen molar-refractivity contribution in [2.24, 2.45) is 5.10 Å². The molecule has 7 nitrogen and oxygen atoms in total. The summed E-state index contributed by atoms with van der Waals surface area (Å²) >= 11 is 1.31. The smallest absolute Gasteiger partial charge is 0.250 e. The van der Waals surface area contributed by atoms with Crippen LogP contribution in [0.25, 0.3) is 38.6 Å². The highest BCUT2D eigenvalue weighted by Crippen LogP contribution is 2.29. The molecular weight excluding hydrogens is 504 g/mol. The van der Waals surface area contributed by atoms with E-state index in [2.05, 4.69) is 56.0 Å². The van der Waals surface area contributed by atoms with E-state index in [-0.39, 0.29) is 11.7 Å². The van der Waals surface area contributed by atoms with E-state index in [1.807, 2.05) is 72.2 Å². The third kappa shape index (κ3) is 5.15. The van der Waals surface area contributed by atoms with Gasteiger partial charge in [-0.2, -0.15) is 5.10 Å². The highest BCUT2D eigenvalue weighted by atomic mass is 32.2. The quantitative estimate of drug-likeness (QED) is 0.116. The van der Waals surface area contributed by atoms with Crippen LogP contribution in [0.4, 0.5) is 0 Å². The third-order valence-corrected chi connectivity index (χ3v) is 7.32. The van der Waals surface area contributed by atoms with Gasteiger partial charge in [0, 0.05) is 29.2 Å². The summed E-state index contributed by atoms with van der Waals surface area (Å²) in [6.07, 6.45) is 5.17. The zero-order valence-electron chi connectivity index (χ0n) is 21.2. The molecule has 0 bridgehead atoms. The van der Waals surface area contributed by atoms with E-state index in [1.165, 1.54) is 11.8 Å². The first-order chi connectivity index (χ1) is 19.2. The Morgan fingerprint density at radius 2 is 1.56 bits per heavy atom. The summed E-state index contributed by atoms with van der Waals surface area (Å²) < 4.78 is 1.96. The van der Waals surface area contributed by atoms with Crippen LogP contribution in [0.15, 0.2) is 114 Å². The van der Waals surface area contributed by atoms with E-state index in [0.717, 1.165) is 43.9 Å². The summed E-state index contributed by atoms with van der Waals surface area (Å²) in [5.74, 6) is 0.586. The molecule has 6 rings (SSSR count). The summed E-state index contributed by atoms with van der Waals surface area (Å²) in [6.45, 7) is 2.04. The van der Waals surface area contributed by atoms with Gasteiger partial charge in [-0.05, 0) is 58.8 Å². The Labute approximate surface area is 229 Å². The molecule has 6 aromatic rings. The van der Waals surface area contributed by atoms with Gasteiger partial charge in [-0.1, -0.05) is 78.0 Å². The van der Waals surface area contributed by atoms with Gasteiger partial charge in [0.2, 0.25) is 0 Å². The minimum Gasteiger partial charge on any atom is -0.272 e. The molecule has 8 heteroatoms. The molecule has 2 aromatic heterocycles. The van der Waals surface area contributed by atoms with Crippen molar-refractivity contribution in [2.75, 3.05) is 5.75 Å². The number of carbonyl (C=O) groups is 1. The fraction of sp³-hybridized carbons (Fsp3) is 0.0645. The maximum absolute atomic E-state index is 12.8. The molecular formula is C31H24N6OS. The summed E-state index contributed by atoms with van der Waals surface area (Å²) in [6, 6.07) is 30.4. The van der Waals surface area contributed by atoms with E-state index in [1.54, 1.807) is 18.6 Å². The first-order valence-corrected chi connectivity index (χ1v) is 13.4. The zero-order chi connectivity index (χ0) is 26.6. The standard InChI is InChI=1S/C31H24N6OS/c1-21-10-12-25(13-11-21)37-30(22-14-16-32-17-15-22)35-36-31(37)39-20-29(38)34-33-19-28-26-8-4-2-6-23(26)18-24-7-3-5-9-27(24)28/h2-19H,20H2,1H3,(H,34,38)/b33-19+. The lowest BCUT2D eigenvalue weighted by molar-refractivity contribution is -0.118. The van der Waals surface area contributed by atoms with E-state index in [9.17, 15) is 4.79 Å². The molecule has 190 valence electrons. The second-order valence-corrected chi connectivity index (χ2v) is 9.97. The van der Waals surface area contributed by atoms with Crippen molar-refractivity contribution in [1.29, 1.82) is 0 Å². The Morgan fingerprint density at radius 3 is 2.26 bits per heavy atom. The predicted molar refractivity (Wildman–Crippen MR) is 157 cm³/mol. The highest BCUT2D eigenvalue weighted by molar-refractivity contribution is 7.99. The van der Waals surface area contributed by atoms with Gasteiger partial charge in [-0.25, -0.2) is 5.43 Å². The van der Waals surface area contributed by atoms with Crippen LogP contribution in [0.3, 0.4) is 0 Å². The van der Waals surface area contributed by atoms with E-state index >= 15 is 0 Å². The van der Waals surface area contributed by atoms with E-state index in [4.69, 9.17) is 0 Å². The molecule has 0 atom stereocenters. The lowest BCUT2D eigenvalue weighted by Crippen LogP contribution is -2.20. The average Bonchev–Trinajstić information content (AvgIpc) is 3.40. The molecule has 1 amide bonds. The number of hydrogen-bond donors (Lipinski definition) is 1. The van der Waals surface area contributed by atoms with Gasteiger partial charge in [0.1, 0.15) is 0 Å². The number of amides is 1. The molecule has 39 heavy (non-hydrogen) atoms. The maximum atomic E-state index is 12.8. The van der Waals surface area contributed by atoms with Crippen molar-refractivity contribution in [3.63, 3.8) is 0 Å². The summed E-state index contributed by atoms with van der Waals surface area (Å²) in [4.78, 5) is 16.9. The molecule has 0 saturated carbocycles. The van der Waals surface area contributed by atoms with E-state index in [0.29, 0.717) is 11.0 Å². The number of thioether (sulfide) groups is 1. The van der Waals surface area contributed by atoms with Crippen molar-refractivity contribution in [1.82, 2.24) is 25.2 Å². The highest BCUT2D eigenvalue weighted by Gasteiger charge is 2.17. The van der Waals surface area contributed by atoms with Gasteiger partial charge in [-0.3, -0.25) is 14.3 Å². The van der Waals surface area contributed by atoms with Gasteiger partial charge in [0.15, 0.2) is 11.0 Å². The molecule has 1 N–H and O–H groups in total. The second kappa shape index (κ2) is 10.9. The number of fused-ring (bicyclic) bond motifs is 2. The Balaban J connectivity index is 1.22. The number of hydrazone groups is 1. The fourth-order valence-corrected chi connectivity index (χ4v) is 5.24. The Hall–Kier alpha value is -4.82. The van der Waals surface area contributed by atoms with Gasteiger partial charge < -0.3 is 0 Å². The second-order valence-electron chi connectivity index (χ2n) is 9.03. The predicted octanol–water partition coefficient (Wildman–Crippen LogP) is 6.19. The molecule has 0 saturated heterocycles. The molecule has 0 unspecified atom stereocenters. The largest absolute Gasteiger partial charge is 0.272 e. The number of aromatic nitrogens is 4. The van der Waals surface area contributed by atoms with Gasteiger partial charge in [0.25, 0.3) is 5.91 Å². The number of benzene rings is 4. The van der Waals surface area contributed by atoms with Gasteiger partial charge in [0.05, 0.1) is 12.0 Å². The van der Waals surface area contributed by atoms with Gasteiger partial charge in [-0.15, -0.1) is 10.2 Å². The van der Waals surface area contributed by atoms with Crippen LogP contribution in [0.1, 0.15) is 11.1 Å². The van der Waals surface area contributed by atoms with Crippen LogP contribution in [0.5, 0.6) is 0 Å². The molecule has 0 aliphatic carbocycles. The number of aryl methyl sites for hydroxylation is 1. The SMILES string of the molecule is Cc1ccc(-n2c(SCC(=O)N/N=C/c3c4ccccc4cc4ccccc34)nnc2-c2ccncc2)cc1. The van der Waals surface area contributed by atoms with Crippen molar-refractivity contribution in [2.45, 2.75) is 12.1 Å². The van der Waals surface area contributed by atoms with Crippen molar-refractivity contribution in [3.8, 4) is 17.1 Å². The topological polar surface area (TPSA) is 85.1 Å². The fourth-order valence-electron chi connectivity index (χ4n) is 4.50. The number of pyridine rings is 1. The summed E-state index contributed by atoms with van der Waals surface area (Å²) in [5.41, 5.74) is 6.61. The maximum Gasteiger partial charge on any atom is 0.250 e. The lowest BCUT2D eigenvalue weighted by atomic mass is 9.97. The molecule has 4 aromatic carbocycles. The number of nitrogens with one attached hydrogen (secondary N) is 1. The normalized spacial score (nSPS) is 11.4. The number of carbonyl (C=O) groups excluding carboxylic acids is 1. The number of rotatable bonds is 7. The van der Waals surface area contributed by atoms with Crippen molar-refractivity contribution in [3.05, 3.63) is 115 Å². The van der Waals surface area contributed by atoms with Crippen LogP contribution >= 0.6 is 11.8 Å². The van der Waals surface area contributed by atoms with Crippen molar-refractivity contribution < 1.29 is 4.79 Å². The molecule has 0 aliphatic rings. The lowest BCUT2D eigenvalue weighted by Gasteiger charge is -2.10. The number of hydrogen-bond acceptors (Lipinski definition) is 6. The molecule has 0 radical (unpaired) electrons. The Morgan fingerprint density at radius 1 is 0.897 bits per heavy atom. The zero-order valence-corrected chi connectivity index (χ0v) is 22.0. The van der Waals surface area contributed by atoms with Crippen LogP contribution in [-0.4, -0.2) is 37.6 Å². The van der Waals surface area contributed by atoms with E-state index < -0.39 is 0 Å². The summed E-state index contributed by atoms with van der Waals surface area (Å²) in [7, 11) is 0. The Bertz CT molecular complexity index is 1760. The third-order valence-electron chi connectivity index (χ3n) is 6.39. The molecule has 0 aliphatic heterocycles. The van der Waals surface area contributed by atoms with Crippen LogP contribution in [0.2, 0.25) is 0 Å². The molecule has 0 spiro atoms. The van der Waals surface area contributed by atoms with Gasteiger partial charge >= 0.3 is 0 Å². The molecule has 0 fully saturated rings. The number of nitrogens with zero attached hydrogens (tertiary/aromatic N) is 5. The van der Waals surface area contributed by atoms with Crippen LogP contribution in [0, 0.1) is 6.92 Å². The van der Waals surface area contributed by atoms with Crippen LogP contribution in [-0.2, 0) is 4.79 Å². The minimum absolute atomic E-state index is 0.133. The average molecular weight is 529 g/mol.